The van der Waals surface area contributed by atoms with Crippen LogP contribution in [0.1, 0.15) is 126 Å². The van der Waals surface area contributed by atoms with Gasteiger partial charge in [0, 0.05) is 0 Å². The van der Waals surface area contributed by atoms with Crippen molar-refractivity contribution in [3.8, 4) is 5.75 Å². The molecular formula is C29H50O6. The molecule has 0 fully saturated rings. The average molecular weight is 495 g/mol. The molecule has 0 bridgehead atoms. The zero-order valence-electron chi connectivity index (χ0n) is 24.5. The molecule has 202 valence electrons. The van der Waals surface area contributed by atoms with E-state index in [4.69, 9.17) is 19.6 Å². The lowest BCUT2D eigenvalue weighted by atomic mass is 9.78. The second-order valence-corrected chi connectivity index (χ2v) is 13.9. The Morgan fingerprint density at radius 1 is 0.714 bits per heavy atom. The molecule has 0 heterocycles. The first-order valence-electron chi connectivity index (χ1n) is 12.6. The molecule has 0 radical (unpaired) electrons. The first kappa shape index (κ1) is 31.4. The van der Waals surface area contributed by atoms with Crippen molar-refractivity contribution in [2.24, 2.45) is 0 Å². The second-order valence-electron chi connectivity index (χ2n) is 13.9. The number of rotatable bonds is 10. The number of carbonyl (C=O) groups is 1. The fraction of sp³-hybridized carbons (Fsp3) is 0.759. The summed E-state index contributed by atoms with van der Waals surface area (Å²) in [7, 11) is 0. The summed E-state index contributed by atoms with van der Waals surface area (Å²) in [4.78, 5) is 34.2. The molecule has 0 unspecified atom stereocenters. The van der Waals surface area contributed by atoms with Crippen molar-refractivity contribution >= 4 is 5.97 Å². The number of hydrogen-bond donors (Lipinski definition) is 1. The number of phenolic OH excluding ortho intramolecular Hbond substituents is 1. The smallest absolute Gasteiger partial charge is 0.342 e. The fourth-order valence-corrected chi connectivity index (χ4v) is 3.35. The summed E-state index contributed by atoms with van der Waals surface area (Å²) in [6.07, 6.45) is 1.96. The second kappa shape index (κ2) is 11.2. The normalized spacial score (nSPS) is 13.7. The molecular weight excluding hydrogens is 444 g/mol. The van der Waals surface area contributed by atoms with E-state index in [0.29, 0.717) is 25.0 Å². The van der Waals surface area contributed by atoms with Gasteiger partial charge in [0.05, 0.1) is 17.6 Å². The summed E-state index contributed by atoms with van der Waals surface area (Å²) < 4.78 is 0. The first-order chi connectivity index (χ1) is 15.5. The van der Waals surface area contributed by atoms with Crippen molar-refractivity contribution in [2.75, 3.05) is 0 Å². The number of aromatic hydroxyl groups is 1. The summed E-state index contributed by atoms with van der Waals surface area (Å²) in [6.45, 7) is 25.9. The Kier molecular flexibility index (Phi) is 10.0. The van der Waals surface area contributed by atoms with E-state index < -0.39 is 22.8 Å². The van der Waals surface area contributed by atoms with Crippen molar-refractivity contribution in [1.82, 2.24) is 0 Å². The van der Waals surface area contributed by atoms with Crippen LogP contribution in [0, 0.1) is 0 Å². The molecule has 1 rings (SSSR count). The largest absolute Gasteiger partial charge is 0.507 e. The summed E-state index contributed by atoms with van der Waals surface area (Å²) in [6, 6.07) is 3.98. The molecule has 0 atom stereocenters. The molecule has 0 aliphatic heterocycles. The van der Waals surface area contributed by atoms with Gasteiger partial charge in [-0.1, -0.05) is 53.7 Å². The number of aryl methyl sites for hydroxylation is 1. The van der Waals surface area contributed by atoms with E-state index >= 15 is 0 Å². The van der Waals surface area contributed by atoms with Crippen LogP contribution in [0.3, 0.4) is 0 Å². The molecule has 0 spiro atoms. The topological polar surface area (TPSA) is 74.2 Å². The Hall–Kier alpha value is -1.63. The molecule has 1 aromatic rings. The minimum Gasteiger partial charge on any atom is -0.507 e. The van der Waals surface area contributed by atoms with Crippen LogP contribution in [0.5, 0.6) is 5.75 Å². The van der Waals surface area contributed by atoms with Crippen molar-refractivity contribution in [1.29, 1.82) is 0 Å². The van der Waals surface area contributed by atoms with E-state index in [1.807, 2.05) is 60.6 Å². The van der Waals surface area contributed by atoms with Crippen LogP contribution in [0.2, 0.25) is 0 Å². The van der Waals surface area contributed by atoms with Crippen LogP contribution in [-0.4, -0.2) is 27.9 Å². The van der Waals surface area contributed by atoms with Gasteiger partial charge < -0.3 is 5.11 Å². The predicted octanol–water partition coefficient (Wildman–Crippen LogP) is 7.48. The van der Waals surface area contributed by atoms with Gasteiger partial charge in [0.25, 0.3) is 0 Å². The van der Waals surface area contributed by atoms with Gasteiger partial charge in [-0.25, -0.2) is 14.6 Å². The Bertz CT molecular complexity index is 812. The molecule has 0 aromatic heterocycles. The standard InChI is InChI=1S/C29H50O6/c1-25(2,3)21-18-20(19-22(24(21)31)26(4,5)6)14-15-23(30)32-34-28(10,11)16-17-29(12,13)35-33-27(7,8)9/h18-19,31H,14-17H2,1-13H3. The van der Waals surface area contributed by atoms with E-state index in [2.05, 4.69) is 41.5 Å². The molecule has 0 aliphatic rings. The molecule has 35 heavy (non-hydrogen) atoms. The Labute approximate surface area is 213 Å². The van der Waals surface area contributed by atoms with Gasteiger partial charge in [0.1, 0.15) is 11.4 Å². The maximum Gasteiger partial charge on any atom is 0.342 e. The van der Waals surface area contributed by atoms with Gasteiger partial charge in [0.2, 0.25) is 0 Å². The molecule has 0 saturated carbocycles. The Balaban J connectivity index is 2.73. The summed E-state index contributed by atoms with van der Waals surface area (Å²) in [5.74, 6) is -0.0893. The fourth-order valence-electron chi connectivity index (χ4n) is 3.35. The van der Waals surface area contributed by atoms with Gasteiger partial charge in [-0.15, -0.1) is 0 Å². The van der Waals surface area contributed by atoms with E-state index in [1.54, 1.807) is 0 Å². The monoisotopic (exact) mass is 494 g/mol. The lowest BCUT2D eigenvalue weighted by Crippen LogP contribution is -2.34. The number of phenols is 1. The van der Waals surface area contributed by atoms with Crippen LogP contribution in [0.4, 0.5) is 0 Å². The highest BCUT2D eigenvalue weighted by molar-refractivity contribution is 5.69. The van der Waals surface area contributed by atoms with Crippen molar-refractivity contribution in [2.45, 2.75) is 143 Å². The molecule has 0 aliphatic carbocycles. The average Bonchev–Trinajstić information content (AvgIpc) is 2.66. The zero-order chi connectivity index (χ0) is 27.5. The van der Waals surface area contributed by atoms with Gasteiger partial charge in [0.15, 0.2) is 0 Å². The quantitative estimate of drug-likeness (QED) is 0.268. The summed E-state index contributed by atoms with van der Waals surface area (Å²) >= 11 is 0. The molecule has 1 aromatic carbocycles. The third kappa shape index (κ3) is 11.3. The van der Waals surface area contributed by atoms with Crippen LogP contribution >= 0.6 is 0 Å². The highest BCUT2D eigenvalue weighted by Gasteiger charge is 2.30. The number of hydrogen-bond acceptors (Lipinski definition) is 6. The van der Waals surface area contributed by atoms with Crippen LogP contribution in [-0.2, 0) is 41.6 Å². The highest BCUT2D eigenvalue weighted by atomic mass is 17.2. The van der Waals surface area contributed by atoms with Crippen molar-refractivity contribution in [3.05, 3.63) is 28.8 Å². The zero-order valence-corrected chi connectivity index (χ0v) is 24.5. The van der Waals surface area contributed by atoms with E-state index in [9.17, 15) is 9.90 Å². The maximum absolute atomic E-state index is 12.5. The number of benzene rings is 1. The third-order valence-corrected chi connectivity index (χ3v) is 5.61. The minimum atomic E-state index is -0.671. The van der Waals surface area contributed by atoms with Crippen molar-refractivity contribution < 1.29 is 29.5 Å². The van der Waals surface area contributed by atoms with Crippen molar-refractivity contribution in [3.63, 3.8) is 0 Å². The van der Waals surface area contributed by atoms with Crippen LogP contribution in [0.25, 0.3) is 0 Å². The van der Waals surface area contributed by atoms with Gasteiger partial charge in [-0.05, 0) is 95.2 Å². The van der Waals surface area contributed by atoms with E-state index in [-0.39, 0.29) is 17.3 Å². The lowest BCUT2D eigenvalue weighted by molar-refractivity contribution is -0.400. The highest BCUT2D eigenvalue weighted by Crippen LogP contribution is 2.40. The van der Waals surface area contributed by atoms with Gasteiger partial charge in [-0.3, -0.25) is 4.89 Å². The number of carbonyl (C=O) groups excluding carboxylic acids is 1. The predicted molar refractivity (Wildman–Crippen MR) is 140 cm³/mol. The summed E-state index contributed by atoms with van der Waals surface area (Å²) in [5.41, 5.74) is 0.745. The molecule has 0 amide bonds. The molecule has 0 saturated heterocycles. The van der Waals surface area contributed by atoms with E-state index in [0.717, 1.165) is 16.7 Å². The van der Waals surface area contributed by atoms with Gasteiger partial charge in [-0.2, -0.15) is 4.89 Å². The Morgan fingerprint density at radius 2 is 1.14 bits per heavy atom. The van der Waals surface area contributed by atoms with Gasteiger partial charge >= 0.3 is 5.97 Å². The molecule has 1 N–H and O–H groups in total. The third-order valence-electron chi connectivity index (χ3n) is 5.61. The first-order valence-corrected chi connectivity index (χ1v) is 12.6. The molecule has 6 nitrogen and oxygen atoms in total. The minimum absolute atomic E-state index is 0.183. The Morgan fingerprint density at radius 3 is 1.54 bits per heavy atom. The van der Waals surface area contributed by atoms with E-state index in [1.165, 1.54) is 0 Å². The van der Waals surface area contributed by atoms with Crippen LogP contribution in [0.15, 0.2) is 12.1 Å². The SMILES string of the molecule is CC(C)(C)OOC(C)(C)CCC(C)(C)OOC(=O)CCc1cc(C(C)(C)C)c(O)c(C(C)(C)C)c1. The maximum atomic E-state index is 12.5. The van der Waals surface area contributed by atoms with Crippen LogP contribution < -0.4 is 0 Å². The summed E-state index contributed by atoms with van der Waals surface area (Å²) in [5, 5.41) is 10.9. The lowest BCUT2D eigenvalue weighted by Gasteiger charge is -2.31. The molecule has 6 heteroatoms.